The quantitative estimate of drug-likeness (QED) is 0.645. The molecule has 0 radical (unpaired) electrons. The van der Waals surface area contributed by atoms with Crippen molar-refractivity contribution in [2.45, 2.75) is 25.4 Å². The molecule has 33 heavy (non-hydrogen) atoms. The van der Waals surface area contributed by atoms with Crippen LogP contribution in [-0.4, -0.2) is 53.2 Å². The predicted molar refractivity (Wildman–Crippen MR) is 122 cm³/mol. The predicted octanol–water partition coefficient (Wildman–Crippen LogP) is 3.48. The molecule has 2 aliphatic rings. The van der Waals surface area contributed by atoms with Crippen molar-refractivity contribution in [3.63, 3.8) is 0 Å². The molecule has 4 heterocycles. The molecule has 1 atom stereocenters. The van der Waals surface area contributed by atoms with Crippen LogP contribution in [0.3, 0.4) is 0 Å². The van der Waals surface area contributed by atoms with Gasteiger partial charge in [-0.1, -0.05) is 12.1 Å². The number of carbonyl (C=O) groups is 1. The van der Waals surface area contributed by atoms with E-state index < -0.39 is 0 Å². The van der Waals surface area contributed by atoms with Crippen LogP contribution in [-0.2, 0) is 4.74 Å². The average molecular weight is 448 g/mol. The first-order chi connectivity index (χ1) is 16.1. The SMILES string of the molecule is O=C(NCC1CC2(CCN(c3cnccn3)CC2)CO1)c1ccc(-c2cccc(F)c2)nc1. The molecular weight excluding hydrogens is 421 g/mol. The Bertz CT molecular complexity index is 1100. The molecule has 2 saturated heterocycles. The molecule has 5 rings (SSSR count). The molecule has 1 aromatic carbocycles. The molecule has 8 heteroatoms. The Labute approximate surface area is 192 Å². The summed E-state index contributed by atoms with van der Waals surface area (Å²) in [5, 5.41) is 2.97. The Hall–Kier alpha value is -3.39. The van der Waals surface area contributed by atoms with Gasteiger partial charge in [0.25, 0.3) is 5.91 Å². The van der Waals surface area contributed by atoms with E-state index in [1.54, 1.807) is 42.9 Å². The van der Waals surface area contributed by atoms with Gasteiger partial charge >= 0.3 is 0 Å². The Balaban J connectivity index is 1.12. The summed E-state index contributed by atoms with van der Waals surface area (Å²) in [5.41, 5.74) is 1.94. The number of amides is 1. The van der Waals surface area contributed by atoms with Gasteiger partial charge in [-0.25, -0.2) is 9.37 Å². The second-order valence-corrected chi connectivity index (χ2v) is 8.84. The first-order valence-electron chi connectivity index (χ1n) is 11.2. The minimum atomic E-state index is -0.315. The van der Waals surface area contributed by atoms with E-state index in [0.29, 0.717) is 23.4 Å². The van der Waals surface area contributed by atoms with E-state index in [2.05, 4.69) is 25.2 Å². The zero-order valence-electron chi connectivity index (χ0n) is 18.3. The first kappa shape index (κ1) is 21.5. The van der Waals surface area contributed by atoms with Crippen molar-refractivity contribution >= 4 is 11.7 Å². The first-order valence-corrected chi connectivity index (χ1v) is 11.2. The van der Waals surface area contributed by atoms with Crippen LogP contribution in [0.15, 0.2) is 61.2 Å². The minimum Gasteiger partial charge on any atom is -0.376 e. The molecule has 2 fully saturated rings. The van der Waals surface area contributed by atoms with E-state index in [4.69, 9.17) is 4.74 Å². The second-order valence-electron chi connectivity index (χ2n) is 8.84. The van der Waals surface area contributed by atoms with E-state index >= 15 is 0 Å². The fourth-order valence-electron chi connectivity index (χ4n) is 4.70. The van der Waals surface area contributed by atoms with Gasteiger partial charge in [0.1, 0.15) is 11.6 Å². The van der Waals surface area contributed by atoms with Gasteiger partial charge < -0.3 is 15.0 Å². The van der Waals surface area contributed by atoms with Crippen LogP contribution in [0.4, 0.5) is 10.2 Å². The monoisotopic (exact) mass is 447 g/mol. The third kappa shape index (κ3) is 4.85. The topological polar surface area (TPSA) is 80.2 Å². The molecule has 0 aliphatic carbocycles. The van der Waals surface area contributed by atoms with Crippen LogP contribution < -0.4 is 10.2 Å². The molecule has 0 bridgehead atoms. The third-order valence-electron chi connectivity index (χ3n) is 6.62. The number of hydrogen-bond acceptors (Lipinski definition) is 6. The Morgan fingerprint density at radius 1 is 1.15 bits per heavy atom. The molecule has 170 valence electrons. The molecule has 2 aliphatic heterocycles. The van der Waals surface area contributed by atoms with Gasteiger partial charge in [0.15, 0.2) is 0 Å². The maximum Gasteiger partial charge on any atom is 0.252 e. The number of aromatic nitrogens is 3. The zero-order valence-corrected chi connectivity index (χ0v) is 18.3. The fraction of sp³-hybridized carbons (Fsp3) is 0.360. The number of pyridine rings is 1. The van der Waals surface area contributed by atoms with Crippen molar-refractivity contribution in [3.8, 4) is 11.3 Å². The normalized spacial score (nSPS) is 19.5. The van der Waals surface area contributed by atoms with Crippen molar-refractivity contribution in [2.24, 2.45) is 5.41 Å². The number of anilines is 1. The molecule has 3 aromatic rings. The van der Waals surface area contributed by atoms with Gasteiger partial charge in [-0.15, -0.1) is 0 Å². The molecule has 1 spiro atoms. The highest BCUT2D eigenvalue weighted by Crippen LogP contribution is 2.42. The Kier molecular flexibility index (Phi) is 6.00. The molecule has 2 aromatic heterocycles. The van der Waals surface area contributed by atoms with Crippen molar-refractivity contribution in [2.75, 3.05) is 31.1 Å². The summed E-state index contributed by atoms with van der Waals surface area (Å²) in [5.74, 6) is 0.423. The number of carbonyl (C=O) groups excluding carboxylic acids is 1. The second kappa shape index (κ2) is 9.23. The highest BCUT2D eigenvalue weighted by Gasteiger charge is 2.42. The molecule has 1 amide bonds. The van der Waals surface area contributed by atoms with Crippen molar-refractivity contribution in [1.82, 2.24) is 20.3 Å². The summed E-state index contributed by atoms with van der Waals surface area (Å²) in [6.45, 7) is 3.07. The molecule has 1 unspecified atom stereocenters. The number of ether oxygens (including phenoxy) is 1. The minimum absolute atomic E-state index is 0.0107. The van der Waals surface area contributed by atoms with Gasteiger partial charge in [-0.3, -0.25) is 14.8 Å². The lowest BCUT2D eigenvalue weighted by Crippen LogP contribution is -2.41. The van der Waals surface area contributed by atoms with Gasteiger partial charge in [0, 0.05) is 43.8 Å². The van der Waals surface area contributed by atoms with Gasteiger partial charge in [0.05, 0.1) is 30.2 Å². The highest BCUT2D eigenvalue weighted by molar-refractivity contribution is 5.94. The molecular formula is C25H26FN5O2. The van der Waals surface area contributed by atoms with Crippen LogP contribution in [0.2, 0.25) is 0 Å². The van der Waals surface area contributed by atoms with E-state index in [9.17, 15) is 9.18 Å². The largest absolute Gasteiger partial charge is 0.376 e. The maximum absolute atomic E-state index is 13.4. The number of hydrogen-bond donors (Lipinski definition) is 1. The van der Waals surface area contributed by atoms with E-state index in [-0.39, 0.29) is 23.2 Å². The van der Waals surface area contributed by atoms with E-state index in [0.717, 1.165) is 44.8 Å². The lowest BCUT2D eigenvalue weighted by atomic mass is 9.76. The van der Waals surface area contributed by atoms with Crippen LogP contribution >= 0.6 is 0 Å². The van der Waals surface area contributed by atoms with Crippen molar-refractivity contribution in [3.05, 3.63) is 72.6 Å². The molecule has 1 N–H and O–H groups in total. The van der Waals surface area contributed by atoms with Gasteiger partial charge in [-0.2, -0.15) is 0 Å². The summed E-state index contributed by atoms with van der Waals surface area (Å²) < 4.78 is 19.5. The number of halogens is 1. The molecule has 7 nitrogen and oxygen atoms in total. The number of piperidine rings is 1. The lowest BCUT2D eigenvalue weighted by Gasteiger charge is -2.38. The number of benzene rings is 1. The molecule has 0 saturated carbocycles. The summed E-state index contributed by atoms with van der Waals surface area (Å²) >= 11 is 0. The number of nitrogens with one attached hydrogen (secondary N) is 1. The van der Waals surface area contributed by atoms with Gasteiger partial charge in [0.2, 0.25) is 0 Å². The van der Waals surface area contributed by atoms with E-state index in [1.165, 1.54) is 18.3 Å². The smallest absolute Gasteiger partial charge is 0.252 e. The van der Waals surface area contributed by atoms with Crippen LogP contribution in [0.1, 0.15) is 29.6 Å². The average Bonchev–Trinajstić information content (AvgIpc) is 3.26. The zero-order chi connectivity index (χ0) is 22.7. The summed E-state index contributed by atoms with van der Waals surface area (Å²) in [6, 6.07) is 9.68. The van der Waals surface area contributed by atoms with Crippen molar-refractivity contribution in [1.29, 1.82) is 0 Å². The van der Waals surface area contributed by atoms with Crippen molar-refractivity contribution < 1.29 is 13.9 Å². The summed E-state index contributed by atoms with van der Waals surface area (Å²) in [4.78, 5) is 27.7. The van der Waals surface area contributed by atoms with Crippen LogP contribution in [0.5, 0.6) is 0 Å². The Morgan fingerprint density at radius 2 is 2.03 bits per heavy atom. The Morgan fingerprint density at radius 3 is 2.76 bits per heavy atom. The highest BCUT2D eigenvalue weighted by atomic mass is 19.1. The van der Waals surface area contributed by atoms with Gasteiger partial charge in [-0.05, 0) is 48.9 Å². The standard InChI is InChI=1S/C25H26FN5O2/c26-20-3-1-2-18(12-20)22-5-4-19(14-29-22)24(32)30-15-21-13-25(17-33-21)6-10-31(11-7-25)23-16-27-8-9-28-23/h1-5,8-9,12,14,16,21H,6-7,10-11,13,15,17H2,(H,30,32). The fourth-order valence-corrected chi connectivity index (χ4v) is 4.70. The van der Waals surface area contributed by atoms with E-state index in [1.807, 2.05) is 0 Å². The van der Waals surface area contributed by atoms with Crippen LogP contribution in [0.25, 0.3) is 11.3 Å². The number of rotatable bonds is 5. The lowest BCUT2D eigenvalue weighted by molar-refractivity contribution is 0.0790. The summed E-state index contributed by atoms with van der Waals surface area (Å²) in [7, 11) is 0. The van der Waals surface area contributed by atoms with Crippen LogP contribution in [0, 0.1) is 11.2 Å². The summed E-state index contributed by atoms with van der Waals surface area (Å²) in [6.07, 6.45) is 9.78. The number of nitrogens with zero attached hydrogens (tertiary/aromatic N) is 4. The third-order valence-corrected chi connectivity index (χ3v) is 6.62. The maximum atomic E-state index is 13.4.